The summed E-state index contributed by atoms with van der Waals surface area (Å²) in [6.07, 6.45) is 0.663. The summed E-state index contributed by atoms with van der Waals surface area (Å²) in [5.41, 5.74) is 3.65. The van der Waals surface area contributed by atoms with Gasteiger partial charge in [0.1, 0.15) is 0 Å². The lowest BCUT2D eigenvalue weighted by atomic mass is 9.62. The zero-order valence-corrected chi connectivity index (χ0v) is 18.8. The number of hydrogen-bond acceptors (Lipinski definition) is 3. The highest BCUT2D eigenvalue weighted by Gasteiger charge is 2.78. The van der Waals surface area contributed by atoms with Crippen molar-refractivity contribution in [2.45, 2.75) is 66.2 Å². The van der Waals surface area contributed by atoms with Gasteiger partial charge in [0.15, 0.2) is 0 Å². The smallest absolute Gasteiger partial charge is 0.274 e. The van der Waals surface area contributed by atoms with E-state index in [1.165, 1.54) is 22.9 Å². The topological polar surface area (TPSA) is 37.4 Å². The molecule has 5 atom stereocenters. The van der Waals surface area contributed by atoms with Crippen molar-refractivity contribution in [3.05, 3.63) is 47.0 Å². The van der Waals surface area contributed by atoms with Gasteiger partial charge in [-0.2, -0.15) is 0 Å². The monoisotopic (exact) mass is 397 g/mol. The highest BCUT2D eigenvalue weighted by molar-refractivity contribution is 8.14. The van der Waals surface area contributed by atoms with Crippen LogP contribution in [0.3, 0.4) is 0 Å². The lowest BCUT2D eigenvalue weighted by Gasteiger charge is -2.44. The van der Waals surface area contributed by atoms with E-state index in [1.54, 1.807) is 4.90 Å². The molecule has 28 heavy (non-hydrogen) atoms. The fourth-order valence-electron chi connectivity index (χ4n) is 6.41. The van der Waals surface area contributed by atoms with E-state index >= 15 is 0 Å². The Bertz CT molecular complexity index is 889. The summed E-state index contributed by atoms with van der Waals surface area (Å²) in [6, 6.07) is 10.0. The third kappa shape index (κ3) is 2.08. The van der Waals surface area contributed by atoms with Crippen molar-refractivity contribution in [3.63, 3.8) is 0 Å². The maximum Gasteiger partial charge on any atom is 0.288 e. The van der Waals surface area contributed by atoms with Crippen LogP contribution in [0.1, 0.15) is 54.0 Å². The normalized spacial score (nSPS) is 36.8. The number of nitrogens with zero attached hydrogens (tertiary/aromatic N) is 1. The molecule has 1 heterocycles. The van der Waals surface area contributed by atoms with Gasteiger partial charge in [0, 0.05) is 22.0 Å². The number of imide groups is 1. The molecule has 0 unspecified atom stereocenters. The van der Waals surface area contributed by atoms with Crippen LogP contribution in [0.2, 0.25) is 0 Å². The van der Waals surface area contributed by atoms with Crippen LogP contribution < -0.4 is 0 Å². The first kappa shape index (κ1) is 19.8. The maximum atomic E-state index is 13.5. The highest BCUT2D eigenvalue weighted by Crippen LogP contribution is 2.78. The van der Waals surface area contributed by atoms with E-state index < -0.39 is 0 Å². The first-order valence-electron chi connectivity index (χ1n) is 10.3. The zero-order chi connectivity index (χ0) is 20.6. The minimum absolute atomic E-state index is 0.00159. The van der Waals surface area contributed by atoms with Gasteiger partial charge in [-0.05, 0) is 31.2 Å². The summed E-state index contributed by atoms with van der Waals surface area (Å²) in [7, 11) is 0. The summed E-state index contributed by atoms with van der Waals surface area (Å²) in [6.45, 7) is 15.6. The molecule has 1 aliphatic heterocycles. The number of rotatable bonds is 3. The Balaban J connectivity index is 1.71. The van der Waals surface area contributed by atoms with E-state index in [4.69, 9.17) is 0 Å². The lowest BCUT2D eigenvalue weighted by Crippen LogP contribution is -2.52. The van der Waals surface area contributed by atoms with Gasteiger partial charge in [-0.15, -0.1) is 0 Å². The van der Waals surface area contributed by atoms with Gasteiger partial charge in [0.2, 0.25) is 5.91 Å². The molecule has 3 nitrogen and oxygen atoms in total. The van der Waals surface area contributed by atoms with Gasteiger partial charge >= 0.3 is 0 Å². The molecule has 2 fully saturated rings. The highest BCUT2D eigenvalue weighted by atomic mass is 32.2. The van der Waals surface area contributed by atoms with E-state index in [-0.39, 0.29) is 44.6 Å². The molecule has 1 aromatic carbocycles. The van der Waals surface area contributed by atoms with Crippen LogP contribution in [-0.4, -0.2) is 27.3 Å². The second-order valence-electron chi connectivity index (χ2n) is 9.83. The van der Waals surface area contributed by atoms with Crippen molar-refractivity contribution in [2.24, 2.45) is 22.2 Å². The predicted molar refractivity (Wildman–Crippen MR) is 115 cm³/mol. The van der Waals surface area contributed by atoms with Gasteiger partial charge in [-0.25, -0.2) is 0 Å². The van der Waals surface area contributed by atoms with Gasteiger partial charge in [-0.1, -0.05) is 87.9 Å². The number of amides is 2. The Morgan fingerprint density at radius 1 is 1.07 bits per heavy atom. The van der Waals surface area contributed by atoms with E-state index in [0.29, 0.717) is 6.42 Å². The van der Waals surface area contributed by atoms with Gasteiger partial charge in [0.25, 0.3) is 5.24 Å². The Labute approximate surface area is 172 Å². The van der Waals surface area contributed by atoms with Gasteiger partial charge < -0.3 is 0 Å². The average Bonchev–Trinajstić information content (AvgIpc) is 3.10. The third-order valence-electron chi connectivity index (χ3n) is 8.91. The minimum atomic E-state index is -0.213. The van der Waals surface area contributed by atoms with Gasteiger partial charge in [0.05, 0.1) is 6.04 Å². The molecule has 4 heteroatoms. The molecule has 4 rings (SSSR count). The standard InChI is InChI=1S/C24H31NO2S/c1-14(13-17-11-9-8-10-12-17)20(26)25-18-19(28-21(25)27)24(7)16(3)15(2)23(18,6)22(24,4)5/h8-12,14,18-19H,13H2,1-7H3/t14-,18+,19-,23+,24-/m1/s1. The summed E-state index contributed by atoms with van der Waals surface area (Å²) in [5.74, 6) is -0.234. The second kappa shape index (κ2) is 5.98. The van der Waals surface area contributed by atoms with Crippen LogP contribution in [0, 0.1) is 22.2 Å². The summed E-state index contributed by atoms with van der Waals surface area (Å²) >= 11 is 1.40. The van der Waals surface area contributed by atoms with Crippen molar-refractivity contribution < 1.29 is 9.59 Å². The number of carbonyl (C=O) groups is 2. The fraction of sp³-hybridized carbons (Fsp3) is 0.583. The number of benzene rings is 1. The fourth-order valence-corrected chi connectivity index (χ4v) is 8.17. The van der Waals surface area contributed by atoms with Crippen LogP contribution in [0.5, 0.6) is 0 Å². The van der Waals surface area contributed by atoms with E-state index in [1.807, 2.05) is 37.3 Å². The molecule has 0 radical (unpaired) electrons. The summed E-state index contributed by atoms with van der Waals surface area (Å²) < 4.78 is 0. The molecule has 0 spiro atoms. The number of carbonyl (C=O) groups excluding carboxylic acids is 2. The van der Waals surface area contributed by atoms with Crippen LogP contribution in [0.15, 0.2) is 41.5 Å². The molecule has 1 saturated heterocycles. The van der Waals surface area contributed by atoms with Crippen LogP contribution >= 0.6 is 11.8 Å². The van der Waals surface area contributed by atoms with Gasteiger partial charge in [-0.3, -0.25) is 14.5 Å². The van der Waals surface area contributed by atoms with Crippen LogP contribution in [0.4, 0.5) is 4.79 Å². The van der Waals surface area contributed by atoms with Crippen molar-refractivity contribution in [2.75, 3.05) is 0 Å². The molecule has 0 aromatic heterocycles. The first-order valence-corrected chi connectivity index (χ1v) is 11.1. The van der Waals surface area contributed by atoms with Crippen molar-refractivity contribution in [1.82, 2.24) is 4.90 Å². The molecule has 3 aliphatic rings. The molecular weight excluding hydrogens is 366 g/mol. The predicted octanol–water partition coefficient (Wildman–Crippen LogP) is 5.70. The maximum absolute atomic E-state index is 13.5. The third-order valence-corrected chi connectivity index (χ3v) is 10.3. The molecule has 2 bridgehead atoms. The average molecular weight is 398 g/mol. The molecule has 2 amide bonds. The number of hydrogen-bond donors (Lipinski definition) is 0. The Morgan fingerprint density at radius 3 is 2.25 bits per heavy atom. The quantitative estimate of drug-likeness (QED) is 0.614. The van der Waals surface area contributed by atoms with Crippen LogP contribution in [-0.2, 0) is 11.2 Å². The molecule has 1 saturated carbocycles. The number of fused-ring (bicyclic) bond motifs is 5. The summed E-state index contributed by atoms with van der Waals surface area (Å²) in [5, 5.41) is 0.0759. The Hall–Kier alpha value is -1.55. The molecule has 1 aromatic rings. The molecule has 2 aliphatic carbocycles. The first-order chi connectivity index (χ1) is 13.0. The van der Waals surface area contributed by atoms with Crippen molar-refractivity contribution in [1.29, 1.82) is 0 Å². The summed E-state index contributed by atoms with van der Waals surface area (Å²) in [4.78, 5) is 28.2. The van der Waals surface area contributed by atoms with E-state index in [0.717, 1.165) is 5.56 Å². The van der Waals surface area contributed by atoms with E-state index in [2.05, 4.69) is 41.5 Å². The lowest BCUT2D eigenvalue weighted by molar-refractivity contribution is -0.134. The van der Waals surface area contributed by atoms with Crippen molar-refractivity contribution in [3.8, 4) is 0 Å². The van der Waals surface area contributed by atoms with Crippen molar-refractivity contribution >= 4 is 22.9 Å². The largest absolute Gasteiger partial charge is 0.288 e. The van der Waals surface area contributed by atoms with Crippen LogP contribution in [0.25, 0.3) is 0 Å². The Morgan fingerprint density at radius 2 is 1.64 bits per heavy atom. The number of allylic oxidation sites excluding steroid dienone is 1. The minimum Gasteiger partial charge on any atom is -0.274 e. The SMILES string of the molecule is CC1=C(C)[C@]2(C)[C@@H]3SC(=O)N(C(=O)[C@H](C)Cc4ccccc4)[C@@H]3[C@@]1(C)C2(C)C. The molecule has 0 N–H and O–H groups in total. The number of thioether (sulfide) groups is 1. The van der Waals surface area contributed by atoms with E-state index in [9.17, 15) is 9.59 Å². The zero-order valence-electron chi connectivity index (χ0n) is 18.0. The Kier molecular flexibility index (Phi) is 4.22. The molecular formula is C24H31NO2S. The second-order valence-corrected chi connectivity index (χ2v) is 10.9. The molecule has 150 valence electrons.